The molecule has 0 atom stereocenters. The minimum Gasteiger partial charge on any atom is -0.493 e. The summed E-state index contributed by atoms with van der Waals surface area (Å²) in [4.78, 5) is 11.2. The van der Waals surface area contributed by atoms with Crippen molar-refractivity contribution >= 4 is 5.91 Å². The number of benzene rings is 1. The fraction of sp³-hybridized carbons (Fsp3) is 0.462. The summed E-state index contributed by atoms with van der Waals surface area (Å²) in [5, 5.41) is 2.74. The summed E-state index contributed by atoms with van der Waals surface area (Å²) in [5.41, 5.74) is 2.34. The van der Waals surface area contributed by atoms with Gasteiger partial charge in [0.25, 0.3) is 0 Å². The molecule has 88 valence electrons. The topological polar surface area (TPSA) is 38.3 Å². The third-order valence-electron chi connectivity index (χ3n) is 2.52. The van der Waals surface area contributed by atoms with Crippen molar-refractivity contribution in [2.45, 2.75) is 27.2 Å². The average molecular weight is 221 g/mol. The number of carbonyl (C=O) groups is 1. The van der Waals surface area contributed by atoms with Gasteiger partial charge in [-0.05, 0) is 38.0 Å². The number of carbonyl (C=O) groups excluding carboxylic acids is 1. The maximum absolute atomic E-state index is 11.2. The van der Waals surface area contributed by atoms with E-state index in [1.807, 2.05) is 39.0 Å². The molecule has 0 aliphatic heterocycles. The molecule has 1 aromatic rings. The van der Waals surface area contributed by atoms with Crippen molar-refractivity contribution in [2.24, 2.45) is 0 Å². The Morgan fingerprint density at radius 1 is 1.38 bits per heavy atom. The standard InChI is InChI=1S/C13H19NO2/c1-4-14-13(15)8-9-16-12-7-5-6-10(2)11(12)3/h5-7H,4,8-9H2,1-3H3,(H,14,15). The van der Waals surface area contributed by atoms with Crippen LogP contribution in [0.5, 0.6) is 5.75 Å². The smallest absolute Gasteiger partial charge is 0.223 e. The summed E-state index contributed by atoms with van der Waals surface area (Å²) < 4.78 is 5.57. The van der Waals surface area contributed by atoms with E-state index in [2.05, 4.69) is 5.32 Å². The van der Waals surface area contributed by atoms with Crippen LogP contribution in [0.4, 0.5) is 0 Å². The summed E-state index contributed by atoms with van der Waals surface area (Å²) in [7, 11) is 0. The first-order valence-corrected chi connectivity index (χ1v) is 5.61. The Bertz CT molecular complexity index is 361. The minimum atomic E-state index is 0.0350. The van der Waals surface area contributed by atoms with Crippen LogP contribution in [-0.4, -0.2) is 19.1 Å². The van der Waals surface area contributed by atoms with Crippen molar-refractivity contribution in [3.63, 3.8) is 0 Å². The maximum atomic E-state index is 11.2. The summed E-state index contributed by atoms with van der Waals surface area (Å²) in [5.74, 6) is 0.900. The summed E-state index contributed by atoms with van der Waals surface area (Å²) >= 11 is 0. The zero-order chi connectivity index (χ0) is 12.0. The third-order valence-corrected chi connectivity index (χ3v) is 2.52. The van der Waals surface area contributed by atoms with Crippen LogP contribution >= 0.6 is 0 Å². The lowest BCUT2D eigenvalue weighted by Gasteiger charge is -2.10. The second-order valence-corrected chi connectivity index (χ2v) is 3.75. The normalized spacial score (nSPS) is 9.94. The highest BCUT2D eigenvalue weighted by Gasteiger charge is 2.03. The molecular formula is C13H19NO2. The second-order valence-electron chi connectivity index (χ2n) is 3.75. The van der Waals surface area contributed by atoms with Gasteiger partial charge >= 0.3 is 0 Å². The third kappa shape index (κ3) is 3.57. The first kappa shape index (κ1) is 12.6. The Hall–Kier alpha value is -1.51. The monoisotopic (exact) mass is 221 g/mol. The van der Waals surface area contributed by atoms with Gasteiger partial charge in [-0.15, -0.1) is 0 Å². The van der Waals surface area contributed by atoms with Gasteiger partial charge in [0.05, 0.1) is 13.0 Å². The Labute approximate surface area is 96.8 Å². The Morgan fingerprint density at radius 3 is 2.81 bits per heavy atom. The van der Waals surface area contributed by atoms with Crippen LogP contribution in [0.25, 0.3) is 0 Å². The number of amides is 1. The van der Waals surface area contributed by atoms with Crippen LogP contribution in [0, 0.1) is 13.8 Å². The predicted molar refractivity (Wildman–Crippen MR) is 64.7 cm³/mol. The highest BCUT2D eigenvalue weighted by Crippen LogP contribution is 2.20. The largest absolute Gasteiger partial charge is 0.493 e. The quantitative estimate of drug-likeness (QED) is 0.827. The van der Waals surface area contributed by atoms with Crippen LogP contribution in [0.3, 0.4) is 0 Å². The van der Waals surface area contributed by atoms with Crippen molar-refractivity contribution in [2.75, 3.05) is 13.2 Å². The van der Waals surface area contributed by atoms with Gasteiger partial charge in [0.15, 0.2) is 0 Å². The molecule has 0 heterocycles. The number of aryl methyl sites for hydroxylation is 1. The SMILES string of the molecule is CCNC(=O)CCOc1cccc(C)c1C. The molecule has 1 rings (SSSR count). The zero-order valence-electron chi connectivity index (χ0n) is 10.2. The molecule has 16 heavy (non-hydrogen) atoms. The molecule has 1 aromatic carbocycles. The number of ether oxygens (including phenoxy) is 1. The lowest BCUT2D eigenvalue weighted by atomic mass is 10.1. The van der Waals surface area contributed by atoms with Gasteiger partial charge in [-0.2, -0.15) is 0 Å². The van der Waals surface area contributed by atoms with Gasteiger partial charge in [0.1, 0.15) is 5.75 Å². The molecule has 0 saturated heterocycles. The van der Waals surface area contributed by atoms with Gasteiger partial charge in [-0.25, -0.2) is 0 Å². The molecule has 0 aromatic heterocycles. The van der Waals surface area contributed by atoms with Crippen molar-refractivity contribution in [1.82, 2.24) is 5.32 Å². The Balaban J connectivity index is 2.43. The van der Waals surface area contributed by atoms with E-state index in [1.165, 1.54) is 5.56 Å². The average Bonchev–Trinajstić information content (AvgIpc) is 2.25. The van der Waals surface area contributed by atoms with E-state index in [0.717, 1.165) is 11.3 Å². The molecule has 0 spiro atoms. The summed E-state index contributed by atoms with van der Waals surface area (Å²) in [6.07, 6.45) is 0.404. The van der Waals surface area contributed by atoms with E-state index < -0.39 is 0 Å². The predicted octanol–water partition coefficient (Wildman–Crippen LogP) is 2.21. The van der Waals surface area contributed by atoms with Gasteiger partial charge in [0.2, 0.25) is 5.91 Å². The van der Waals surface area contributed by atoms with Crippen molar-refractivity contribution < 1.29 is 9.53 Å². The van der Waals surface area contributed by atoms with Gasteiger partial charge in [0, 0.05) is 6.54 Å². The van der Waals surface area contributed by atoms with E-state index in [0.29, 0.717) is 19.6 Å². The zero-order valence-corrected chi connectivity index (χ0v) is 10.2. The highest BCUT2D eigenvalue weighted by atomic mass is 16.5. The number of rotatable bonds is 5. The van der Waals surface area contributed by atoms with Crippen LogP contribution in [0.15, 0.2) is 18.2 Å². The molecule has 0 unspecified atom stereocenters. The van der Waals surface area contributed by atoms with Crippen LogP contribution < -0.4 is 10.1 Å². The molecule has 0 fully saturated rings. The number of hydrogen-bond donors (Lipinski definition) is 1. The number of hydrogen-bond acceptors (Lipinski definition) is 2. The molecule has 0 bridgehead atoms. The van der Waals surface area contributed by atoms with Crippen LogP contribution in [-0.2, 0) is 4.79 Å². The lowest BCUT2D eigenvalue weighted by molar-refractivity contribution is -0.121. The van der Waals surface area contributed by atoms with E-state index in [1.54, 1.807) is 0 Å². The first-order valence-electron chi connectivity index (χ1n) is 5.61. The van der Waals surface area contributed by atoms with E-state index in [4.69, 9.17) is 4.74 Å². The Morgan fingerprint density at radius 2 is 2.12 bits per heavy atom. The van der Waals surface area contributed by atoms with Crippen molar-refractivity contribution in [3.05, 3.63) is 29.3 Å². The van der Waals surface area contributed by atoms with Crippen LogP contribution in [0.2, 0.25) is 0 Å². The highest BCUT2D eigenvalue weighted by molar-refractivity contribution is 5.75. The minimum absolute atomic E-state index is 0.0350. The number of nitrogens with one attached hydrogen (secondary N) is 1. The molecule has 0 saturated carbocycles. The molecule has 0 aliphatic carbocycles. The maximum Gasteiger partial charge on any atom is 0.223 e. The fourth-order valence-corrected chi connectivity index (χ4v) is 1.42. The first-order chi connectivity index (χ1) is 7.65. The fourth-order valence-electron chi connectivity index (χ4n) is 1.42. The van der Waals surface area contributed by atoms with E-state index in [-0.39, 0.29) is 5.91 Å². The molecular weight excluding hydrogens is 202 g/mol. The molecule has 0 aliphatic rings. The molecule has 0 radical (unpaired) electrons. The Kier molecular flexibility index (Phi) is 4.83. The molecule has 3 nitrogen and oxygen atoms in total. The second kappa shape index (κ2) is 6.16. The van der Waals surface area contributed by atoms with Gasteiger partial charge < -0.3 is 10.1 Å². The molecule has 1 amide bonds. The van der Waals surface area contributed by atoms with Gasteiger partial charge in [-0.1, -0.05) is 12.1 Å². The van der Waals surface area contributed by atoms with Crippen molar-refractivity contribution in [1.29, 1.82) is 0 Å². The molecule has 1 N–H and O–H groups in total. The lowest BCUT2D eigenvalue weighted by Crippen LogP contribution is -2.24. The summed E-state index contributed by atoms with van der Waals surface area (Å²) in [6, 6.07) is 5.94. The van der Waals surface area contributed by atoms with Gasteiger partial charge in [-0.3, -0.25) is 4.79 Å². The van der Waals surface area contributed by atoms with E-state index >= 15 is 0 Å². The summed E-state index contributed by atoms with van der Waals surface area (Å²) in [6.45, 7) is 7.07. The van der Waals surface area contributed by atoms with E-state index in [9.17, 15) is 4.79 Å². The molecule has 3 heteroatoms. The van der Waals surface area contributed by atoms with Crippen LogP contribution in [0.1, 0.15) is 24.5 Å². The van der Waals surface area contributed by atoms with Crippen molar-refractivity contribution in [3.8, 4) is 5.75 Å².